The van der Waals surface area contributed by atoms with Crippen LogP contribution in [0.5, 0.6) is 0 Å². The molecule has 2 atom stereocenters. The summed E-state index contributed by atoms with van der Waals surface area (Å²) >= 11 is 0. The molecular weight excluding hydrogens is 143 g/mol. The summed E-state index contributed by atoms with van der Waals surface area (Å²) in [6, 6.07) is 0. The van der Waals surface area contributed by atoms with E-state index in [1.54, 1.807) is 0 Å². The molecule has 0 saturated heterocycles. The van der Waals surface area contributed by atoms with Gasteiger partial charge in [0.05, 0.1) is 0 Å². The molecule has 0 aromatic heterocycles. The standard InChI is InChI=1S/C4H9O4P/c1-8-4(2-3-5)9(6)7/h3-4,9H,2H2,1H3,(H,6,7). The molecule has 2 unspecified atom stereocenters. The van der Waals surface area contributed by atoms with Crippen LogP contribution in [0, 0.1) is 0 Å². The molecule has 0 radical (unpaired) electrons. The molecule has 0 rings (SSSR count). The van der Waals surface area contributed by atoms with Crippen molar-refractivity contribution in [2.24, 2.45) is 0 Å². The van der Waals surface area contributed by atoms with Crippen LogP contribution in [0.4, 0.5) is 0 Å². The van der Waals surface area contributed by atoms with Crippen LogP contribution in [-0.4, -0.2) is 24.1 Å². The molecule has 0 aromatic carbocycles. The zero-order valence-corrected chi connectivity index (χ0v) is 6.03. The largest absolute Gasteiger partial charge is 0.371 e. The first-order valence-electron chi connectivity index (χ1n) is 2.41. The van der Waals surface area contributed by atoms with Gasteiger partial charge in [-0.3, -0.25) is 4.57 Å². The minimum atomic E-state index is -2.69. The zero-order chi connectivity index (χ0) is 7.28. The third-order valence-corrected chi connectivity index (χ3v) is 1.89. The Hall–Kier alpha value is -0.180. The SMILES string of the molecule is COC(CC=O)[PH](=O)O. The van der Waals surface area contributed by atoms with Crippen LogP contribution in [0.25, 0.3) is 0 Å². The topological polar surface area (TPSA) is 63.6 Å². The summed E-state index contributed by atoms with van der Waals surface area (Å²) in [5, 5.41) is 0. The maximum atomic E-state index is 10.2. The van der Waals surface area contributed by atoms with E-state index in [-0.39, 0.29) is 6.42 Å². The number of carbonyl (C=O) groups excluding carboxylic acids is 1. The van der Waals surface area contributed by atoms with Gasteiger partial charge in [0, 0.05) is 13.5 Å². The quantitative estimate of drug-likeness (QED) is 0.455. The second kappa shape index (κ2) is 4.68. The van der Waals surface area contributed by atoms with Gasteiger partial charge in [-0.15, -0.1) is 0 Å². The summed E-state index contributed by atoms with van der Waals surface area (Å²) in [4.78, 5) is 18.2. The molecule has 0 aromatic rings. The summed E-state index contributed by atoms with van der Waals surface area (Å²) in [6.07, 6.45) is 0.553. The van der Waals surface area contributed by atoms with E-state index in [0.717, 1.165) is 0 Å². The second-order valence-corrected chi connectivity index (χ2v) is 2.79. The molecular formula is C4H9O4P. The molecule has 0 heterocycles. The number of rotatable bonds is 4. The predicted octanol–water partition coefficient (Wildman–Crippen LogP) is 0.0149. The Labute approximate surface area is 53.7 Å². The fraction of sp³-hybridized carbons (Fsp3) is 0.750. The van der Waals surface area contributed by atoms with E-state index in [4.69, 9.17) is 4.89 Å². The van der Waals surface area contributed by atoms with Gasteiger partial charge in [0.1, 0.15) is 12.1 Å². The second-order valence-electron chi connectivity index (χ2n) is 1.46. The fourth-order valence-electron chi connectivity index (χ4n) is 0.385. The predicted molar refractivity (Wildman–Crippen MR) is 32.7 cm³/mol. The van der Waals surface area contributed by atoms with Crippen LogP contribution in [0.1, 0.15) is 6.42 Å². The van der Waals surface area contributed by atoms with Gasteiger partial charge in [0.25, 0.3) is 0 Å². The first-order valence-corrected chi connectivity index (χ1v) is 3.85. The van der Waals surface area contributed by atoms with Gasteiger partial charge in [-0.2, -0.15) is 0 Å². The van der Waals surface area contributed by atoms with Crippen molar-refractivity contribution in [3.8, 4) is 0 Å². The Morgan fingerprint density at radius 1 is 1.89 bits per heavy atom. The van der Waals surface area contributed by atoms with Crippen molar-refractivity contribution in [3.05, 3.63) is 0 Å². The summed E-state index contributed by atoms with van der Waals surface area (Å²) in [6.45, 7) is 0. The Morgan fingerprint density at radius 3 is 2.56 bits per heavy atom. The lowest BCUT2D eigenvalue weighted by Gasteiger charge is -2.05. The summed E-state index contributed by atoms with van der Waals surface area (Å²) in [7, 11) is -1.39. The molecule has 0 aliphatic carbocycles. The molecule has 0 aliphatic rings. The lowest BCUT2D eigenvalue weighted by Crippen LogP contribution is -2.04. The van der Waals surface area contributed by atoms with Crippen molar-refractivity contribution in [1.82, 2.24) is 0 Å². The average Bonchev–Trinajstić information content (AvgIpc) is 1.82. The van der Waals surface area contributed by atoms with Gasteiger partial charge in [0.2, 0.25) is 8.03 Å². The van der Waals surface area contributed by atoms with E-state index in [1.165, 1.54) is 7.11 Å². The number of hydrogen-bond donors (Lipinski definition) is 1. The van der Waals surface area contributed by atoms with Crippen molar-refractivity contribution in [2.45, 2.75) is 12.3 Å². The average molecular weight is 152 g/mol. The third-order valence-electron chi connectivity index (χ3n) is 0.870. The summed E-state index contributed by atoms with van der Waals surface area (Å²) in [5.74, 6) is -0.799. The van der Waals surface area contributed by atoms with Gasteiger partial charge < -0.3 is 14.4 Å². The Balaban J connectivity index is 3.67. The maximum Gasteiger partial charge on any atom is 0.217 e. The minimum Gasteiger partial charge on any atom is -0.371 e. The highest BCUT2D eigenvalue weighted by Gasteiger charge is 2.10. The Kier molecular flexibility index (Phi) is 4.58. The van der Waals surface area contributed by atoms with Crippen molar-refractivity contribution in [3.63, 3.8) is 0 Å². The molecule has 0 bridgehead atoms. The van der Waals surface area contributed by atoms with Gasteiger partial charge in [0.15, 0.2) is 0 Å². The van der Waals surface area contributed by atoms with E-state index in [2.05, 4.69) is 4.74 Å². The van der Waals surface area contributed by atoms with Crippen molar-refractivity contribution in [1.29, 1.82) is 0 Å². The normalized spacial score (nSPS) is 16.7. The number of aldehydes is 1. The minimum absolute atomic E-state index is 0.00913. The van der Waals surface area contributed by atoms with Crippen LogP contribution in [-0.2, 0) is 14.1 Å². The number of hydrogen-bond acceptors (Lipinski definition) is 3. The van der Waals surface area contributed by atoms with Crippen molar-refractivity contribution < 1.29 is 19.0 Å². The lowest BCUT2D eigenvalue weighted by molar-refractivity contribution is -0.109. The van der Waals surface area contributed by atoms with E-state index >= 15 is 0 Å². The first-order chi connectivity index (χ1) is 4.22. The smallest absolute Gasteiger partial charge is 0.217 e. The number of methoxy groups -OCH3 is 1. The van der Waals surface area contributed by atoms with Gasteiger partial charge in [-0.1, -0.05) is 0 Å². The number of ether oxygens (including phenoxy) is 1. The van der Waals surface area contributed by atoms with E-state index in [9.17, 15) is 9.36 Å². The molecule has 0 spiro atoms. The van der Waals surface area contributed by atoms with Crippen LogP contribution in [0.2, 0.25) is 0 Å². The molecule has 1 N–H and O–H groups in total. The Bertz CT molecular complexity index is 113. The molecule has 54 valence electrons. The Morgan fingerprint density at radius 2 is 2.44 bits per heavy atom. The fourth-order valence-corrected chi connectivity index (χ4v) is 0.885. The highest BCUT2D eigenvalue weighted by atomic mass is 31.1. The van der Waals surface area contributed by atoms with Crippen molar-refractivity contribution in [2.75, 3.05) is 7.11 Å². The van der Waals surface area contributed by atoms with E-state index < -0.39 is 13.9 Å². The lowest BCUT2D eigenvalue weighted by atomic mass is 10.5. The number of carbonyl (C=O) groups is 1. The summed E-state index contributed by atoms with van der Waals surface area (Å²) < 4.78 is 14.7. The van der Waals surface area contributed by atoms with Crippen LogP contribution in [0.3, 0.4) is 0 Å². The molecule has 0 amide bonds. The van der Waals surface area contributed by atoms with Crippen LogP contribution >= 0.6 is 8.03 Å². The van der Waals surface area contributed by atoms with Crippen LogP contribution in [0.15, 0.2) is 0 Å². The maximum absolute atomic E-state index is 10.2. The van der Waals surface area contributed by atoms with Crippen LogP contribution < -0.4 is 0 Å². The zero-order valence-electron chi connectivity index (χ0n) is 5.03. The monoisotopic (exact) mass is 152 g/mol. The van der Waals surface area contributed by atoms with Gasteiger partial charge in [-0.05, 0) is 0 Å². The van der Waals surface area contributed by atoms with E-state index in [1.807, 2.05) is 0 Å². The first kappa shape index (κ1) is 8.82. The molecule has 0 fully saturated rings. The molecule has 9 heavy (non-hydrogen) atoms. The van der Waals surface area contributed by atoms with E-state index in [0.29, 0.717) is 6.29 Å². The van der Waals surface area contributed by atoms with Crippen molar-refractivity contribution >= 4 is 14.3 Å². The van der Waals surface area contributed by atoms with Gasteiger partial charge in [-0.25, -0.2) is 0 Å². The molecule has 5 heteroatoms. The molecule has 0 saturated carbocycles. The summed E-state index contributed by atoms with van der Waals surface area (Å²) in [5.41, 5.74) is 0. The third kappa shape index (κ3) is 3.40. The van der Waals surface area contributed by atoms with Gasteiger partial charge >= 0.3 is 0 Å². The molecule has 4 nitrogen and oxygen atoms in total. The highest BCUT2D eigenvalue weighted by molar-refractivity contribution is 7.38. The highest BCUT2D eigenvalue weighted by Crippen LogP contribution is 2.24. The molecule has 0 aliphatic heterocycles.